The van der Waals surface area contributed by atoms with Crippen molar-refractivity contribution < 1.29 is 14.3 Å². The Morgan fingerprint density at radius 1 is 1.12 bits per heavy atom. The molecule has 1 saturated heterocycles. The monoisotopic (exact) mass is 350 g/mol. The molecule has 0 bridgehead atoms. The largest absolute Gasteiger partial charge is 0.497 e. The number of carbonyl (C=O) groups is 1. The molecule has 4 rings (SSSR count). The number of nitrogens with zero attached hydrogens (tertiary/aromatic N) is 1. The zero-order valence-corrected chi connectivity index (χ0v) is 15.0. The Kier molecular flexibility index (Phi) is 4.29. The van der Waals surface area contributed by atoms with E-state index in [0.29, 0.717) is 5.69 Å². The summed E-state index contributed by atoms with van der Waals surface area (Å²) in [6.07, 6.45) is 1.90. The van der Waals surface area contributed by atoms with Crippen molar-refractivity contribution in [1.29, 1.82) is 0 Å². The number of rotatable bonds is 4. The van der Waals surface area contributed by atoms with Gasteiger partial charge in [-0.15, -0.1) is 0 Å². The maximum absolute atomic E-state index is 13.2. The Balaban J connectivity index is 1.67. The number of hydrogen-bond acceptors (Lipinski definition) is 3. The molecular formula is C21H22N2O3. The fourth-order valence-corrected chi connectivity index (χ4v) is 3.77. The number of carbonyl (C=O) groups excluding carboxylic acids is 1. The number of hydrogen-bond donors (Lipinski definition) is 1. The van der Waals surface area contributed by atoms with Crippen molar-refractivity contribution in [2.45, 2.75) is 18.9 Å². The molecule has 0 aliphatic carbocycles. The maximum atomic E-state index is 13.2. The van der Waals surface area contributed by atoms with Crippen molar-refractivity contribution in [3.05, 3.63) is 59.8 Å². The average Bonchev–Trinajstić information content (AvgIpc) is 3.33. The fraction of sp³-hybridized carbons (Fsp3) is 0.286. The molecule has 0 radical (unpaired) electrons. The van der Waals surface area contributed by atoms with Crippen LogP contribution in [-0.4, -0.2) is 36.6 Å². The SMILES string of the molecule is COc1ccc([C@H]2CCCN2C(=O)c2cc3ccccc3[nH]2)c(OC)c1. The molecule has 5 heteroatoms. The van der Waals surface area contributed by atoms with Gasteiger partial charge in [-0.05, 0) is 37.1 Å². The number of aromatic nitrogens is 1. The molecule has 1 aliphatic heterocycles. The second kappa shape index (κ2) is 6.75. The number of amides is 1. The summed E-state index contributed by atoms with van der Waals surface area (Å²) in [5, 5.41) is 1.05. The zero-order valence-electron chi connectivity index (χ0n) is 15.0. The molecule has 1 amide bonds. The van der Waals surface area contributed by atoms with E-state index >= 15 is 0 Å². The summed E-state index contributed by atoms with van der Waals surface area (Å²) in [5.41, 5.74) is 2.63. The summed E-state index contributed by atoms with van der Waals surface area (Å²) in [6, 6.07) is 15.7. The summed E-state index contributed by atoms with van der Waals surface area (Å²) < 4.78 is 10.8. The highest BCUT2D eigenvalue weighted by Gasteiger charge is 2.33. The van der Waals surface area contributed by atoms with Crippen molar-refractivity contribution in [3.8, 4) is 11.5 Å². The number of fused-ring (bicyclic) bond motifs is 1. The van der Waals surface area contributed by atoms with E-state index in [1.54, 1.807) is 14.2 Å². The first kappa shape index (κ1) is 16.5. The van der Waals surface area contributed by atoms with Crippen LogP contribution in [0.1, 0.15) is 34.9 Å². The molecule has 2 aromatic carbocycles. The Hall–Kier alpha value is -2.95. The molecule has 26 heavy (non-hydrogen) atoms. The van der Waals surface area contributed by atoms with Crippen LogP contribution in [0.5, 0.6) is 11.5 Å². The normalized spacial score (nSPS) is 16.8. The lowest BCUT2D eigenvalue weighted by Gasteiger charge is -2.26. The number of likely N-dealkylation sites (tertiary alicyclic amines) is 1. The van der Waals surface area contributed by atoms with E-state index in [4.69, 9.17) is 9.47 Å². The molecule has 0 spiro atoms. The number of benzene rings is 2. The van der Waals surface area contributed by atoms with Crippen molar-refractivity contribution >= 4 is 16.8 Å². The lowest BCUT2D eigenvalue weighted by molar-refractivity contribution is 0.0729. The van der Waals surface area contributed by atoms with Crippen molar-refractivity contribution in [3.63, 3.8) is 0 Å². The van der Waals surface area contributed by atoms with E-state index in [1.165, 1.54) is 0 Å². The number of H-pyrrole nitrogens is 1. The van der Waals surface area contributed by atoms with E-state index in [0.717, 1.165) is 47.4 Å². The van der Waals surface area contributed by atoms with Gasteiger partial charge >= 0.3 is 0 Å². The predicted octanol–water partition coefficient (Wildman–Crippen LogP) is 4.16. The van der Waals surface area contributed by atoms with Crippen LogP contribution in [0, 0.1) is 0 Å². The van der Waals surface area contributed by atoms with Gasteiger partial charge in [-0.25, -0.2) is 0 Å². The van der Waals surface area contributed by atoms with Gasteiger partial charge in [0.25, 0.3) is 5.91 Å². The lowest BCUT2D eigenvalue weighted by Crippen LogP contribution is -2.31. The minimum absolute atomic E-state index is 0.00904. The first-order valence-electron chi connectivity index (χ1n) is 8.82. The maximum Gasteiger partial charge on any atom is 0.270 e. The molecule has 3 aromatic rings. The third kappa shape index (κ3) is 2.79. The summed E-state index contributed by atoms with van der Waals surface area (Å²) >= 11 is 0. The molecule has 0 unspecified atom stereocenters. The van der Waals surface area contributed by atoms with Gasteiger partial charge in [0, 0.05) is 29.1 Å². The Morgan fingerprint density at radius 2 is 1.96 bits per heavy atom. The van der Waals surface area contributed by atoms with Gasteiger partial charge in [-0.1, -0.05) is 18.2 Å². The molecule has 1 atom stereocenters. The first-order chi connectivity index (χ1) is 12.7. The minimum atomic E-state index is 0.00904. The topological polar surface area (TPSA) is 54.6 Å². The zero-order chi connectivity index (χ0) is 18.1. The Morgan fingerprint density at radius 3 is 2.73 bits per heavy atom. The van der Waals surface area contributed by atoms with Crippen LogP contribution in [0.15, 0.2) is 48.5 Å². The Bertz CT molecular complexity index is 914. The summed E-state index contributed by atoms with van der Waals surface area (Å²) in [6.45, 7) is 0.744. The molecule has 1 N–H and O–H groups in total. The van der Waals surface area contributed by atoms with Crippen LogP contribution in [0.4, 0.5) is 0 Å². The molecule has 2 heterocycles. The van der Waals surface area contributed by atoms with Gasteiger partial charge in [0.05, 0.1) is 20.3 Å². The van der Waals surface area contributed by atoms with E-state index in [1.807, 2.05) is 53.4 Å². The van der Waals surface area contributed by atoms with Crippen LogP contribution >= 0.6 is 0 Å². The molecule has 134 valence electrons. The number of nitrogens with one attached hydrogen (secondary N) is 1. The highest BCUT2D eigenvalue weighted by atomic mass is 16.5. The van der Waals surface area contributed by atoms with Gasteiger partial charge in [0.1, 0.15) is 17.2 Å². The predicted molar refractivity (Wildman–Crippen MR) is 101 cm³/mol. The van der Waals surface area contributed by atoms with Crippen LogP contribution in [0.2, 0.25) is 0 Å². The highest BCUT2D eigenvalue weighted by molar-refractivity contribution is 5.98. The first-order valence-corrected chi connectivity index (χ1v) is 8.82. The van der Waals surface area contributed by atoms with Crippen LogP contribution in [-0.2, 0) is 0 Å². The summed E-state index contributed by atoms with van der Waals surface area (Å²) in [5.74, 6) is 1.53. The van der Waals surface area contributed by atoms with E-state index in [-0.39, 0.29) is 11.9 Å². The second-order valence-electron chi connectivity index (χ2n) is 6.53. The van der Waals surface area contributed by atoms with Gasteiger partial charge in [0.15, 0.2) is 0 Å². The smallest absolute Gasteiger partial charge is 0.270 e. The van der Waals surface area contributed by atoms with Gasteiger partial charge in [0.2, 0.25) is 0 Å². The third-order valence-electron chi connectivity index (χ3n) is 5.07. The van der Waals surface area contributed by atoms with Crippen molar-refractivity contribution in [1.82, 2.24) is 9.88 Å². The van der Waals surface area contributed by atoms with E-state index in [9.17, 15) is 4.79 Å². The highest BCUT2D eigenvalue weighted by Crippen LogP contribution is 2.39. The Labute approximate surface area is 152 Å². The van der Waals surface area contributed by atoms with Crippen molar-refractivity contribution in [2.24, 2.45) is 0 Å². The second-order valence-corrected chi connectivity index (χ2v) is 6.53. The summed E-state index contributed by atoms with van der Waals surface area (Å²) in [4.78, 5) is 18.3. The molecular weight excluding hydrogens is 328 g/mol. The molecule has 5 nitrogen and oxygen atoms in total. The minimum Gasteiger partial charge on any atom is -0.497 e. The third-order valence-corrected chi connectivity index (χ3v) is 5.07. The lowest BCUT2D eigenvalue weighted by atomic mass is 10.0. The van der Waals surface area contributed by atoms with Crippen LogP contribution in [0.3, 0.4) is 0 Å². The molecule has 1 fully saturated rings. The van der Waals surface area contributed by atoms with Gasteiger partial charge < -0.3 is 19.4 Å². The van der Waals surface area contributed by atoms with Gasteiger partial charge in [-0.3, -0.25) is 4.79 Å². The standard InChI is InChI=1S/C21H22N2O3/c1-25-15-9-10-16(20(13-15)26-2)19-8-5-11-23(19)21(24)18-12-14-6-3-4-7-17(14)22-18/h3-4,6-7,9-10,12-13,19,22H,5,8,11H2,1-2H3/t19-/m1/s1. The van der Waals surface area contributed by atoms with Crippen LogP contribution in [0.25, 0.3) is 10.9 Å². The molecule has 0 saturated carbocycles. The van der Waals surface area contributed by atoms with Crippen molar-refractivity contribution in [2.75, 3.05) is 20.8 Å². The number of methoxy groups -OCH3 is 2. The van der Waals surface area contributed by atoms with E-state index in [2.05, 4.69) is 4.98 Å². The average molecular weight is 350 g/mol. The number of aromatic amines is 1. The number of ether oxygens (including phenoxy) is 2. The van der Waals surface area contributed by atoms with E-state index < -0.39 is 0 Å². The number of para-hydroxylation sites is 1. The summed E-state index contributed by atoms with van der Waals surface area (Å²) in [7, 11) is 3.28. The fourth-order valence-electron chi connectivity index (χ4n) is 3.77. The van der Waals surface area contributed by atoms with Crippen LogP contribution < -0.4 is 9.47 Å². The van der Waals surface area contributed by atoms with Gasteiger partial charge in [-0.2, -0.15) is 0 Å². The molecule has 1 aliphatic rings. The quantitative estimate of drug-likeness (QED) is 0.769. The molecule has 1 aromatic heterocycles.